The zero-order valence-corrected chi connectivity index (χ0v) is 18.7. The summed E-state index contributed by atoms with van der Waals surface area (Å²) in [7, 11) is -9.77. The van der Waals surface area contributed by atoms with Gasteiger partial charge in [0.2, 0.25) is 0 Å². The average molecular weight is 365 g/mol. The minimum absolute atomic E-state index is 0. The van der Waals surface area contributed by atoms with Gasteiger partial charge in [-0.05, 0) is 32.9 Å². The van der Waals surface area contributed by atoms with Crippen LogP contribution in [0.2, 0.25) is 0 Å². The topological polar surface area (TPSA) is 127 Å². The second-order valence-electron chi connectivity index (χ2n) is 5.04. The molecular weight excluding hydrogens is 352 g/mol. The van der Waals surface area contributed by atoms with Crippen LogP contribution in [0.25, 0.3) is 0 Å². The van der Waals surface area contributed by atoms with Crippen molar-refractivity contribution in [2.24, 2.45) is 4.99 Å². The van der Waals surface area contributed by atoms with Crippen LogP contribution in [-0.4, -0.2) is 37.7 Å². The van der Waals surface area contributed by atoms with Crippen molar-refractivity contribution in [1.82, 2.24) is 0 Å². The first-order chi connectivity index (χ1) is 8.81. The van der Waals surface area contributed by atoms with E-state index in [9.17, 15) is 25.9 Å². The van der Waals surface area contributed by atoms with Crippen molar-refractivity contribution < 1.29 is 85.1 Å². The van der Waals surface area contributed by atoms with Crippen LogP contribution in [0.5, 0.6) is 0 Å². The van der Waals surface area contributed by atoms with Crippen LogP contribution in [0.15, 0.2) is 33.0 Å². The maximum Gasteiger partial charge on any atom is 1.00 e. The third-order valence-electron chi connectivity index (χ3n) is 2.13. The Morgan fingerprint density at radius 3 is 1.86 bits per heavy atom. The Kier molecular flexibility index (Phi) is 9.87. The van der Waals surface area contributed by atoms with E-state index in [4.69, 9.17) is 0 Å². The van der Waals surface area contributed by atoms with E-state index >= 15 is 0 Å². The van der Waals surface area contributed by atoms with Crippen molar-refractivity contribution in [2.45, 2.75) is 36.1 Å². The zero-order chi connectivity index (χ0) is 15.8. The van der Waals surface area contributed by atoms with Crippen LogP contribution < -0.4 is 59.1 Å². The second kappa shape index (κ2) is 8.70. The number of aliphatic imine (C=N–C) groups is 1. The van der Waals surface area contributed by atoms with Gasteiger partial charge >= 0.3 is 59.1 Å². The third kappa shape index (κ3) is 8.00. The summed E-state index contributed by atoms with van der Waals surface area (Å²) in [6, 6.07) is 2.54. The van der Waals surface area contributed by atoms with E-state index in [2.05, 4.69) is 4.99 Å². The van der Waals surface area contributed by atoms with Crippen molar-refractivity contribution in [3.63, 3.8) is 0 Å². The third-order valence-corrected chi connectivity index (χ3v) is 3.86. The number of benzene rings is 1. The fourth-order valence-corrected chi connectivity index (χ4v) is 2.51. The summed E-state index contributed by atoms with van der Waals surface area (Å²) in [5, 5.41) is 0. The molecule has 0 saturated carbocycles. The summed E-state index contributed by atoms with van der Waals surface area (Å²) < 4.78 is 66.0. The molecule has 0 fully saturated rings. The van der Waals surface area contributed by atoms with Gasteiger partial charge < -0.3 is 9.11 Å². The van der Waals surface area contributed by atoms with Gasteiger partial charge in [0.1, 0.15) is 20.2 Å². The molecule has 0 amide bonds. The van der Waals surface area contributed by atoms with Crippen molar-refractivity contribution in [3.8, 4) is 0 Å². The maximum atomic E-state index is 11.1. The van der Waals surface area contributed by atoms with Gasteiger partial charge in [-0.2, -0.15) is 0 Å². The molecule has 0 heterocycles. The first-order valence-corrected chi connectivity index (χ1v) is 8.23. The smallest absolute Gasteiger partial charge is 0.744 e. The van der Waals surface area contributed by atoms with Crippen molar-refractivity contribution in [3.05, 3.63) is 23.8 Å². The molecule has 0 bridgehead atoms. The molecule has 22 heavy (non-hydrogen) atoms. The summed E-state index contributed by atoms with van der Waals surface area (Å²) in [4.78, 5) is 2.47. The van der Waals surface area contributed by atoms with Crippen LogP contribution >= 0.6 is 0 Å². The van der Waals surface area contributed by atoms with Gasteiger partial charge in [0.05, 0.1) is 15.3 Å². The van der Waals surface area contributed by atoms with Crippen molar-refractivity contribution >= 4 is 26.5 Å². The van der Waals surface area contributed by atoms with Gasteiger partial charge in [0, 0.05) is 11.8 Å². The molecule has 0 spiro atoms. The van der Waals surface area contributed by atoms with E-state index in [0.29, 0.717) is 6.07 Å². The van der Waals surface area contributed by atoms with E-state index < -0.39 is 35.6 Å². The SMILES string of the molecule is CC(C)(C)/N=C/c1ccc(S(=O)(=O)[O-])cc1S(=O)(=O)[O-].[Na+].[Na+]. The Balaban J connectivity index is 0. The monoisotopic (exact) mass is 365 g/mol. The van der Waals surface area contributed by atoms with Crippen molar-refractivity contribution in [1.29, 1.82) is 0 Å². The molecular formula is C11H13NNa2O6S2. The Hall–Kier alpha value is 0.710. The molecule has 0 saturated heterocycles. The fourth-order valence-electron chi connectivity index (χ4n) is 1.26. The molecule has 0 atom stereocenters. The van der Waals surface area contributed by atoms with Gasteiger partial charge in [-0.3, -0.25) is 4.99 Å². The van der Waals surface area contributed by atoms with Crippen LogP contribution in [0.3, 0.4) is 0 Å². The van der Waals surface area contributed by atoms with Crippen molar-refractivity contribution in [2.75, 3.05) is 0 Å². The molecule has 0 unspecified atom stereocenters. The Labute approximate surface area is 174 Å². The number of hydrogen-bond acceptors (Lipinski definition) is 7. The second-order valence-corrected chi connectivity index (χ2v) is 7.76. The van der Waals surface area contributed by atoms with E-state index in [1.165, 1.54) is 0 Å². The minimum Gasteiger partial charge on any atom is -0.744 e. The number of rotatable bonds is 3. The van der Waals surface area contributed by atoms with Gasteiger partial charge in [-0.1, -0.05) is 6.07 Å². The molecule has 1 rings (SSSR count). The zero-order valence-electron chi connectivity index (χ0n) is 13.0. The minimum atomic E-state index is -4.93. The normalized spacial score (nSPS) is 12.6. The van der Waals surface area contributed by atoms with Gasteiger partial charge in [-0.15, -0.1) is 0 Å². The first-order valence-electron chi connectivity index (χ1n) is 5.42. The first kappa shape index (κ1) is 25.0. The Morgan fingerprint density at radius 1 is 1.00 bits per heavy atom. The maximum absolute atomic E-state index is 11.1. The molecule has 0 aromatic heterocycles. The number of hydrogen-bond donors (Lipinski definition) is 0. The molecule has 0 aliphatic carbocycles. The van der Waals surface area contributed by atoms with Crippen LogP contribution in [-0.2, 0) is 20.2 Å². The predicted molar refractivity (Wildman–Crippen MR) is 69.7 cm³/mol. The quantitative estimate of drug-likeness (QED) is 0.299. The molecule has 112 valence electrons. The Bertz CT molecular complexity index is 751. The van der Waals surface area contributed by atoms with E-state index in [-0.39, 0.29) is 64.7 Å². The standard InChI is InChI=1S/C11H15NO6S2.2Na/c1-11(2,3)12-7-8-4-5-9(19(13,14)15)6-10(8)20(16,17)18;;/h4-7H,1-3H3,(H,13,14,15)(H,16,17,18);;/q;2*+1/p-2/b12-7+;;. The predicted octanol–water partition coefficient (Wildman–Crippen LogP) is -5.28. The summed E-state index contributed by atoms with van der Waals surface area (Å²) in [6.07, 6.45) is 1.16. The van der Waals surface area contributed by atoms with E-state index in [0.717, 1.165) is 18.3 Å². The summed E-state index contributed by atoms with van der Waals surface area (Å²) >= 11 is 0. The largest absolute Gasteiger partial charge is 1.00 e. The fraction of sp³-hybridized carbons (Fsp3) is 0.364. The van der Waals surface area contributed by atoms with E-state index in [1.54, 1.807) is 20.8 Å². The van der Waals surface area contributed by atoms with Gasteiger partial charge in [0.25, 0.3) is 0 Å². The van der Waals surface area contributed by atoms with E-state index in [1.807, 2.05) is 0 Å². The molecule has 11 heteroatoms. The van der Waals surface area contributed by atoms with Crippen LogP contribution in [0.4, 0.5) is 0 Å². The van der Waals surface area contributed by atoms with Gasteiger partial charge in [-0.25, -0.2) is 16.8 Å². The molecule has 1 aromatic carbocycles. The molecule has 0 aliphatic heterocycles. The molecule has 1 aromatic rings. The number of nitrogens with zero attached hydrogens (tertiary/aromatic N) is 1. The molecule has 0 aliphatic rings. The Morgan fingerprint density at radius 2 is 1.50 bits per heavy atom. The summed E-state index contributed by atoms with van der Waals surface area (Å²) in [6.45, 7) is 5.27. The molecule has 0 N–H and O–H groups in total. The molecule has 0 radical (unpaired) electrons. The van der Waals surface area contributed by atoms with Gasteiger partial charge in [0.15, 0.2) is 0 Å². The summed E-state index contributed by atoms with van der Waals surface area (Å²) in [5.41, 5.74) is -0.574. The van der Waals surface area contributed by atoms with Crippen LogP contribution in [0.1, 0.15) is 26.3 Å². The average Bonchev–Trinajstić information content (AvgIpc) is 2.22. The molecule has 7 nitrogen and oxygen atoms in total. The van der Waals surface area contributed by atoms with Crippen LogP contribution in [0, 0.1) is 0 Å². The summed E-state index contributed by atoms with van der Waals surface area (Å²) in [5.74, 6) is 0.